The van der Waals surface area contributed by atoms with Crippen LogP contribution in [0.25, 0.3) is 0 Å². The molecule has 0 bridgehead atoms. The van der Waals surface area contributed by atoms with Crippen LogP contribution in [0.1, 0.15) is 16.8 Å². The largest absolute Gasteiger partial charge is 0.493 e. The number of rotatable bonds is 6. The minimum Gasteiger partial charge on any atom is -0.493 e. The number of ether oxygens (including phenoxy) is 2. The van der Waals surface area contributed by atoms with Crippen LogP contribution in [0.3, 0.4) is 0 Å². The minimum atomic E-state index is -0.198. The zero-order chi connectivity index (χ0) is 18.5. The zero-order valence-electron chi connectivity index (χ0n) is 14.9. The SMILES string of the molecule is COc1ccc(C(=O)NC[C@@H]2CC(=O)N(c3ccccc3)C2)cc1OC. The van der Waals surface area contributed by atoms with Gasteiger partial charge in [0.1, 0.15) is 0 Å². The predicted octanol–water partition coefficient (Wildman–Crippen LogP) is 2.49. The molecular weight excluding hydrogens is 332 g/mol. The molecule has 1 fully saturated rings. The van der Waals surface area contributed by atoms with Crippen LogP contribution >= 0.6 is 0 Å². The van der Waals surface area contributed by atoms with Crippen LogP contribution in [-0.2, 0) is 4.79 Å². The Morgan fingerprint density at radius 1 is 1.12 bits per heavy atom. The van der Waals surface area contributed by atoms with Crippen LogP contribution < -0.4 is 19.7 Å². The zero-order valence-corrected chi connectivity index (χ0v) is 14.9. The Morgan fingerprint density at radius 2 is 1.85 bits per heavy atom. The summed E-state index contributed by atoms with van der Waals surface area (Å²) in [5, 5.41) is 2.91. The van der Waals surface area contributed by atoms with Crippen LogP contribution in [0.2, 0.25) is 0 Å². The Kier molecular flexibility index (Phi) is 5.41. The molecule has 0 aromatic heterocycles. The molecule has 0 saturated carbocycles. The third-order valence-electron chi connectivity index (χ3n) is 4.47. The van der Waals surface area contributed by atoms with Crippen molar-refractivity contribution >= 4 is 17.5 Å². The van der Waals surface area contributed by atoms with Gasteiger partial charge in [-0.05, 0) is 30.3 Å². The predicted molar refractivity (Wildman–Crippen MR) is 98.8 cm³/mol. The first kappa shape index (κ1) is 17.8. The van der Waals surface area contributed by atoms with E-state index in [0.29, 0.717) is 36.6 Å². The molecule has 6 nitrogen and oxygen atoms in total. The first-order chi connectivity index (χ1) is 12.6. The Bertz CT molecular complexity index is 792. The molecule has 136 valence electrons. The summed E-state index contributed by atoms with van der Waals surface area (Å²) in [6.45, 7) is 1.05. The van der Waals surface area contributed by atoms with Gasteiger partial charge in [0.15, 0.2) is 11.5 Å². The fraction of sp³-hybridized carbons (Fsp3) is 0.300. The molecule has 1 aliphatic heterocycles. The number of carbonyl (C=O) groups excluding carboxylic acids is 2. The quantitative estimate of drug-likeness (QED) is 0.865. The van der Waals surface area contributed by atoms with E-state index in [1.807, 2.05) is 30.3 Å². The molecule has 2 amide bonds. The molecule has 2 aromatic carbocycles. The summed E-state index contributed by atoms with van der Waals surface area (Å²) in [6.07, 6.45) is 0.432. The number of carbonyl (C=O) groups is 2. The maximum atomic E-state index is 12.4. The second-order valence-electron chi connectivity index (χ2n) is 6.19. The van der Waals surface area contributed by atoms with E-state index in [-0.39, 0.29) is 17.7 Å². The lowest BCUT2D eigenvalue weighted by Crippen LogP contribution is -2.31. The van der Waals surface area contributed by atoms with Crippen molar-refractivity contribution in [2.45, 2.75) is 6.42 Å². The van der Waals surface area contributed by atoms with E-state index in [4.69, 9.17) is 9.47 Å². The number of anilines is 1. The average molecular weight is 354 g/mol. The Balaban J connectivity index is 1.59. The number of nitrogens with one attached hydrogen (secondary N) is 1. The number of nitrogens with zero attached hydrogens (tertiary/aromatic N) is 1. The van der Waals surface area contributed by atoms with E-state index in [1.54, 1.807) is 30.2 Å². The van der Waals surface area contributed by atoms with Gasteiger partial charge in [0.25, 0.3) is 5.91 Å². The highest BCUT2D eigenvalue weighted by Gasteiger charge is 2.30. The summed E-state index contributed by atoms with van der Waals surface area (Å²) < 4.78 is 10.4. The summed E-state index contributed by atoms with van der Waals surface area (Å²) in [6, 6.07) is 14.6. The summed E-state index contributed by atoms with van der Waals surface area (Å²) in [4.78, 5) is 26.4. The Labute approximate surface area is 152 Å². The number of hydrogen-bond acceptors (Lipinski definition) is 4. The van der Waals surface area contributed by atoms with Crippen LogP contribution in [0.4, 0.5) is 5.69 Å². The smallest absolute Gasteiger partial charge is 0.251 e. The molecule has 0 radical (unpaired) electrons. The van der Waals surface area contributed by atoms with Crippen molar-refractivity contribution in [1.29, 1.82) is 0 Å². The van der Waals surface area contributed by atoms with E-state index >= 15 is 0 Å². The third-order valence-corrected chi connectivity index (χ3v) is 4.47. The fourth-order valence-electron chi connectivity index (χ4n) is 3.09. The van der Waals surface area contributed by atoms with Gasteiger partial charge in [0, 0.05) is 36.7 Å². The lowest BCUT2D eigenvalue weighted by atomic mass is 10.1. The van der Waals surface area contributed by atoms with Gasteiger partial charge in [0.05, 0.1) is 14.2 Å². The van der Waals surface area contributed by atoms with E-state index in [9.17, 15) is 9.59 Å². The van der Waals surface area contributed by atoms with Crippen LogP contribution in [-0.4, -0.2) is 39.1 Å². The van der Waals surface area contributed by atoms with Crippen LogP contribution in [0.15, 0.2) is 48.5 Å². The summed E-state index contributed by atoms with van der Waals surface area (Å²) in [7, 11) is 3.08. The number of benzene rings is 2. The van der Waals surface area contributed by atoms with Gasteiger partial charge in [-0.25, -0.2) is 0 Å². The second-order valence-corrected chi connectivity index (χ2v) is 6.19. The highest BCUT2D eigenvalue weighted by molar-refractivity contribution is 5.96. The second kappa shape index (κ2) is 7.91. The minimum absolute atomic E-state index is 0.0848. The van der Waals surface area contributed by atoms with Gasteiger partial charge in [-0.3, -0.25) is 9.59 Å². The molecule has 26 heavy (non-hydrogen) atoms. The van der Waals surface area contributed by atoms with E-state index in [1.165, 1.54) is 7.11 Å². The number of para-hydroxylation sites is 1. The van der Waals surface area contributed by atoms with Crippen molar-refractivity contribution in [3.05, 3.63) is 54.1 Å². The van der Waals surface area contributed by atoms with E-state index in [2.05, 4.69) is 5.32 Å². The first-order valence-electron chi connectivity index (χ1n) is 8.48. The molecule has 3 rings (SSSR count). The highest BCUT2D eigenvalue weighted by Crippen LogP contribution is 2.28. The summed E-state index contributed by atoms with van der Waals surface area (Å²) in [5.74, 6) is 1.06. The topological polar surface area (TPSA) is 67.9 Å². The molecule has 1 saturated heterocycles. The van der Waals surface area contributed by atoms with Crippen molar-refractivity contribution in [3.8, 4) is 11.5 Å². The standard InChI is InChI=1S/C20H22N2O4/c1-25-17-9-8-15(11-18(17)26-2)20(24)21-12-14-10-19(23)22(13-14)16-6-4-3-5-7-16/h3-9,11,14H,10,12-13H2,1-2H3,(H,21,24)/t14-/m0/s1. The van der Waals surface area contributed by atoms with Crippen molar-refractivity contribution in [2.24, 2.45) is 5.92 Å². The van der Waals surface area contributed by atoms with E-state index in [0.717, 1.165) is 5.69 Å². The average Bonchev–Trinajstić information content (AvgIpc) is 3.06. The molecule has 1 N–H and O–H groups in total. The molecule has 0 unspecified atom stereocenters. The summed E-state index contributed by atoms with van der Waals surface area (Å²) in [5.41, 5.74) is 1.39. The van der Waals surface area contributed by atoms with Crippen LogP contribution in [0.5, 0.6) is 11.5 Å². The monoisotopic (exact) mass is 354 g/mol. The van der Waals surface area contributed by atoms with Crippen molar-refractivity contribution in [3.63, 3.8) is 0 Å². The van der Waals surface area contributed by atoms with Gasteiger partial charge in [0.2, 0.25) is 5.91 Å². The first-order valence-corrected chi connectivity index (χ1v) is 8.48. The normalized spacial score (nSPS) is 16.5. The van der Waals surface area contributed by atoms with Crippen LogP contribution in [0, 0.1) is 5.92 Å². The van der Waals surface area contributed by atoms with Crippen molar-refractivity contribution in [2.75, 3.05) is 32.2 Å². The van der Waals surface area contributed by atoms with Gasteiger partial charge in [-0.2, -0.15) is 0 Å². The van der Waals surface area contributed by atoms with Gasteiger partial charge in [-0.15, -0.1) is 0 Å². The number of amides is 2. The van der Waals surface area contributed by atoms with Gasteiger partial charge in [-0.1, -0.05) is 18.2 Å². The molecule has 6 heteroatoms. The Morgan fingerprint density at radius 3 is 2.54 bits per heavy atom. The van der Waals surface area contributed by atoms with Crippen molar-refractivity contribution in [1.82, 2.24) is 5.32 Å². The lowest BCUT2D eigenvalue weighted by molar-refractivity contribution is -0.117. The van der Waals surface area contributed by atoms with Crippen molar-refractivity contribution < 1.29 is 19.1 Å². The highest BCUT2D eigenvalue weighted by atomic mass is 16.5. The van der Waals surface area contributed by atoms with E-state index < -0.39 is 0 Å². The molecule has 2 aromatic rings. The van der Waals surface area contributed by atoms with Gasteiger partial charge >= 0.3 is 0 Å². The summed E-state index contributed by atoms with van der Waals surface area (Å²) >= 11 is 0. The molecule has 1 atom stereocenters. The lowest BCUT2D eigenvalue weighted by Gasteiger charge is -2.17. The molecule has 0 spiro atoms. The fourth-order valence-corrected chi connectivity index (χ4v) is 3.09. The maximum Gasteiger partial charge on any atom is 0.251 e. The molecule has 0 aliphatic carbocycles. The third kappa shape index (κ3) is 3.79. The molecular formula is C20H22N2O4. The number of methoxy groups -OCH3 is 2. The maximum absolute atomic E-state index is 12.4. The number of hydrogen-bond donors (Lipinski definition) is 1. The Hall–Kier alpha value is -3.02. The van der Waals surface area contributed by atoms with Gasteiger partial charge < -0.3 is 19.7 Å². The molecule has 1 heterocycles. The molecule has 1 aliphatic rings.